The summed E-state index contributed by atoms with van der Waals surface area (Å²) in [5.41, 5.74) is 6.50. The van der Waals surface area contributed by atoms with Gasteiger partial charge in [-0.05, 0) is 43.5 Å². The molecule has 1 atom stereocenters. The van der Waals surface area contributed by atoms with Crippen molar-refractivity contribution in [3.8, 4) is 5.75 Å². The molecule has 2 fully saturated rings. The summed E-state index contributed by atoms with van der Waals surface area (Å²) in [4.78, 5) is 27.6. The summed E-state index contributed by atoms with van der Waals surface area (Å²) in [6.45, 7) is 2.85. The number of urea groups is 1. The van der Waals surface area contributed by atoms with Crippen molar-refractivity contribution in [1.82, 2.24) is 10.2 Å². The van der Waals surface area contributed by atoms with Crippen molar-refractivity contribution < 1.29 is 14.3 Å². The predicted molar refractivity (Wildman–Crippen MR) is 95.6 cm³/mol. The largest absolute Gasteiger partial charge is 0.497 e. The van der Waals surface area contributed by atoms with Gasteiger partial charge in [0.2, 0.25) is 5.91 Å². The van der Waals surface area contributed by atoms with Gasteiger partial charge in [0.1, 0.15) is 5.75 Å². The van der Waals surface area contributed by atoms with Crippen LogP contribution in [0.5, 0.6) is 5.75 Å². The lowest BCUT2D eigenvalue weighted by atomic mass is 10.0. The van der Waals surface area contributed by atoms with E-state index in [9.17, 15) is 9.59 Å². The van der Waals surface area contributed by atoms with E-state index < -0.39 is 0 Å². The highest BCUT2D eigenvalue weighted by Crippen LogP contribution is 2.23. The molecule has 7 nitrogen and oxygen atoms in total. The number of benzene rings is 1. The second-order valence-electron chi connectivity index (χ2n) is 6.74. The molecule has 1 aromatic rings. The normalized spacial score (nSPS) is 21.2. The monoisotopic (exact) mass is 346 g/mol. The molecule has 0 aliphatic carbocycles. The molecule has 3 amide bonds. The summed E-state index contributed by atoms with van der Waals surface area (Å²) in [5.74, 6) is 0.330. The molecule has 3 N–H and O–H groups in total. The van der Waals surface area contributed by atoms with Gasteiger partial charge in [-0.1, -0.05) is 0 Å². The summed E-state index contributed by atoms with van der Waals surface area (Å²) in [5, 5.41) is 3.10. The number of likely N-dealkylation sites (tertiary alicyclic amines) is 1. The van der Waals surface area contributed by atoms with Crippen molar-refractivity contribution in [1.29, 1.82) is 0 Å². The molecule has 0 spiro atoms. The molecule has 2 heterocycles. The highest BCUT2D eigenvalue weighted by molar-refractivity contribution is 5.80. The summed E-state index contributed by atoms with van der Waals surface area (Å²) in [7, 11) is 1.66. The number of hydrogen-bond acceptors (Lipinski definition) is 4. The lowest BCUT2D eigenvalue weighted by molar-refractivity contribution is -0.121. The van der Waals surface area contributed by atoms with Gasteiger partial charge in [0.15, 0.2) is 0 Å². The van der Waals surface area contributed by atoms with Gasteiger partial charge in [-0.2, -0.15) is 0 Å². The second-order valence-corrected chi connectivity index (χ2v) is 6.74. The Balaban J connectivity index is 1.46. The van der Waals surface area contributed by atoms with Gasteiger partial charge in [0.25, 0.3) is 0 Å². The van der Waals surface area contributed by atoms with Crippen LogP contribution < -0.4 is 20.7 Å². The van der Waals surface area contributed by atoms with E-state index in [2.05, 4.69) is 22.3 Å². The molecule has 0 saturated carbocycles. The van der Waals surface area contributed by atoms with Gasteiger partial charge in [0, 0.05) is 37.9 Å². The van der Waals surface area contributed by atoms with Crippen LogP contribution in [0.2, 0.25) is 0 Å². The third-order valence-electron chi connectivity index (χ3n) is 5.14. The minimum absolute atomic E-state index is 0.0772. The predicted octanol–water partition coefficient (Wildman–Crippen LogP) is 1.18. The van der Waals surface area contributed by atoms with Gasteiger partial charge in [-0.15, -0.1) is 0 Å². The van der Waals surface area contributed by atoms with Crippen LogP contribution in [-0.4, -0.2) is 56.2 Å². The molecule has 2 saturated heterocycles. The Bertz CT molecular complexity index is 611. The Kier molecular flexibility index (Phi) is 5.31. The number of anilines is 1. The molecule has 2 aliphatic rings. The topological polar surface area (TPSA) is 87.9 Å². The number of nitrogens with two attached hydrogens (primary N) is 1. The van der Waals surface area contributed by atoms with Crippen molar-refractivity contribution in [2.24, 2.45) is 11.7 Å². The lowest BCUT2D eigenvalue weighted by Crippen LogP contribution is -2.49. The van der Waals surface area contributed by atoms with E-state index in [1.54, 1.807) is 12.0 Å². The zero-order chi connectivity index (χ0) is 17.8. The molecule has 2 aliphatic heterocycles. The third kappa shape index (κ3) is 4.15. The average Bonchev–Trinajstić information content (AvgIpc) is 3.13. The number of ether oxygens (including phenoxy) is 1. The van der Waals surface area contributed by atoms with Crippen molar-refractivity contribution in [2.75, 3.05) is 38.2 Å². The Hall–Kier alpha value is -2.44. The fourth-order valence-electron chi connectivity index (χ4n) is 3.52. The smallest absolute Gasteiger partial charge is 0.317 e. The second kappa shape index (κ2) is 7.63. The molecule has 0 radical (unpaired) electrons. The molecule has 1 unspecified atom stereocenters. The van der Waals surface area contributed by atoms with Crippen molar-refractivity contribution in [3.63, 3.8) is 0 Å². The van der Waals surface area contributed by atoms with E-state index in [1.165, 1.54) is 5.69 Å². The van der Waals surface area contributed by atoms with Crippen LogP contribution in [0.3, 0.4) is 0 Å². The van der Waals surface area contributed by atoms with Crippen LogP contribution >= 0.6 is 0 Å². The van der Waals surface area contributed by atoms with Crippen molar-refractivity contribution in [2.45, 2.75) is 25.3 Å². The molecule has 0 bridgehead atoms. The van der Waals surface area contributed by atoms with Gasteiger partial charge in [0.05, 0.1) is 13.0 Å². The van der Waals surface area contributed by atoms with Crippen LogP contribution in [0.25, 0.3) is 0 Å². The van der Waals surface area contributed by atoms with Gasteiger partial charge >= 0.3 is 6.03 Å². The lowest BCUT2D eigenvalue weighted by Gasteiger charge is -2.34. The van der Waals surface area contributed by atoms with Crippen LogP contribution in [0.4, 0.5) is 10.5 Å². The van der Waals surface area contributed by atoms with Crippen molar-refractivity contribution >= 4 is 17.6 Å². The van der Waals surface area contributed by atoms with E-state index in [0.29, 0.717) is 19.5 Å². The van der Waals surface area contributed by atoms with E-state index in [4.69, 9.17) is 10.5 Å². The number of carbonyl (C=O) groups excluding carboxylic acids is 2. The zero-order valence-electron chi connectivity index (χ0n) is 14.6. The minimum Gasteiger partial charge on any atom is -0.497 e. The maximum Gasteiger partial charge on any atom is 0.317 e. The first-order chi connectivity index (χ1) is 12.1. The quantitative estimate of drug-likeness (QED) is 0.857. The van der Waals surface area contributed by atoms with E-state index >= 15 is 0 Å². The molecule has 0 aromatic heterocycles. The zero-order valence-corrected chi connectivity index (χ0v) is 14.6. The van der Waals surface area contributed by atoms with Crippen LogP contribution in [0.15, 0.2) is 24.3 Å². The summed E-state index contributed by atoms with van der Waals surface area (Å²) in [6, 6.07) is 8.15. The van der Waals surface area contributed by atoms with Crippen LogP contribution in [-0.2, 0) is 4.79 Å². The van der Waals surface area contributed by atoms with Crippen molar-refractivity contribution in [3.05, 3.63) is 24.3 Å². The number of carbonyl (C=O) groups is 2. The first-order valence-corrected chi connectivity index (χ1v) is 8.80. The highest BCUT2D eigenvalue weighted by atomic mass is 16.5. The summed E-state index contributed by atoms with van der Waals surface area (Å²) >= 11 is 0. The summed E-state index contributed by atoms with van der Waals surface area (Å²) in [6.07, 6.45) is 2.48. The number of rotatable bonds is 4. The minimum atomic E-state index is -0.317. The number of nitrogens with zero attached hydrogens (tertiary/aromatic N) is 2. The molecule has 1 aromatic carbocycles. The third-order valence-corrected chi connectivity index (χ3v) is 5.14. The van der Waals surface area contributed by atoms with E-state index in [0.717, 1.165) is 31.7 Å². The van der Waals surface area contributed by atoms with E-state index in [-0.39, 0.29) is 23.9 Å². The fraction of sp³-hybridized carbons (Fsp3) is 0.556. The maximum atomic E-state index is 12.3. The van der Waals surface area contributed by atoms with E-state index in [1.807, 2.05) is 12.1 Å². The average molecular weight is 346 g/mol. The molecule has 25 heavy (non-hydrogen) atoms. The number of primary amides is 1. The Morgan fingerprint density at radius 2 is 1.80 bits per heavy atom. The Morgan fingerprint density at radius 3 is 2.36 bits per heavy atom. The molecular formula is C18H26N4O3. The summed E-state index contributed by atoms with van der Waals surface area (Å²) < 4.78 is 5.19. The van der Waals surface area contributed by atoms with Crippen LogP contribution in [0.1, 0.15) is 19.3 Å². The standard InChI is InChI=1S/C18H26N4O3/c1-25-16-4-2-15(3-5-16)21-10-7-14(8-11-21)20-18(24)22-9-6-13(12-22)17(19)23/h2-5,13-14H,6-12H2,1H3,(H2,19,23)(H,20,24). The fourth-order valence-corrected chi connectivity index (χ4v) is 3.52. The molecule has 7 heteroatoms. The molecular weight excluding hydrogens is 320 g/mol. The molecule has 3 rings (SSSR count). The number of methoxy groups -OCH3 is 1. The van der Waals surface area contributed by atoms with Gasteiger partial charge in [-0.25, -0.2) is 4.79 Å². The number of nitrogens with one attached hydrogen (secondary N) is 1. The number of amides is 3. The van der Waals surface area contributed by atoms with Gasteiger partial charge < -0.3 is 25.6 Å². The maximum absolute atomic E-state index is 12.3. The Labute approximate surface area is 148 Å². The Morgan fingerprint density at radius 1 is 1.12 bits per heavy atom. The highest BCUT2D eigenvalue weighted by Gasteiger charge is 2.31. The van der Waals surface area contributed by atoms with Gasteiger partial charge in [-0.3, -0.25) is 4.79 Å². The SMILES string of the molecule is COc1ccc(N2CCC(NC(=O)N3CCC(C(N)=O)C3)CC2)cc1. The first kappa shape index (κ1) is 17.4. The number of hydrogen-bond donors (Lipinski definition) is 2. The van der Waals surface area contributed by atoms with Crippen LogP contribution in [0, 0.1) is 5.92 Å². The molecule has 136 valence electrons. The first-order valence-electron chi connectivity index (χ1n) is 8.80. The number of piperidine rings is 1.